The Kier molecular flexibility index (Phi) is 9.03. The van der Waals surface area contributed by atoms with Crippen LogP contribution in [0.5, 0.6) is 0 Å². The van der Waals surface area contributed by atoms with Crippen molar-refractivity contribution in [2.75, 3.05) is 0 Å². The fourth-order valence-electron chi connectivity index (χ4n) is 0.402. The summed E-state index contributed by atoms with van der Waals surface area (Å²) in [5.74, 6) is -3.16. The molecule has 8 heteroatoms. The van der Waals surface area contributed by atoms with Gasteiger partial charge in [-0.25, -0.2) is 0 Å². The third kappa shape index (κ3) is 12.3. The van der Waals surface area contributed by atoms with Crippen molar-refractivity contribution in [1.82, 2.24) is 0 Å². The highest BCUT2D eigenvalue weighted by atomic mass is 16.4. The molecule has 0 spiro atoms. The molecule has 0 aromatic heterocycles. The van der Waals surface area contributed by atoms with Crippen molar-refractivity contribution in [2.24, 2.45) is 11.5 Å². The summed E-state index contributed by atoms with van der Waals surface area (Å²) in [6, 6.07) is -1.79. The van der Waals surface area contributed by atoms with Crippen LogP contribution in [-0.4, -0.2) is 45.3 Å². The number of carboxylic acid groups (broad SMARTS) is 3. The van der Waals surface area contributed by atoms with E-state index in [4.69, 9.17) is 26.8 Å². The predicted molar refractivity (Wildman–Crippen MR) is 53.8 cm³/mol. The Morgan fingerprint density at radius 2 is 1.44 bits per heavy atom. The number of hydrogen-bond donors (Lipinski definition) is 5. The van der Waals surface area contributed by atoms with Gasteiger partial charge >= 0.3 is 17.9 Å². The molecule has 0 saturated heterocycles. The second kappa shape index (κ2) is 8.62. The van der Waals surface area contributed by atoms with Crippen LogP contribution >= 0.6 is 0 Å². The van der Waals surface area contributed by atoms with E-state index in [0.29, 0.717) is 0 Å². The lowest BCUT2D eigenvalue weighted by Gasteiger charge is -2.01. The summed E-state index contributed by atoms with van der Waals surface area (Å²) in [5.41, 5.74) is 9.84. The Bertz CT molecular complexity index is 253. The van der Waals surface area contributed by atoms with Crippen molar-refractivity contribution in [2.45, 2.75) is 31.8 Å². The highest BCUT2D eigenvalue weighted by molar-refractivity contribution is 5.74. The van der Waals surface area contributed by atoms with Gasteiger partial charge in [0.05, 0.1) is 0 Å². The molecule has 2 atom stereocenters. The third-order valence-corrected chi connectivity index (χ3v) is 1.38. The number of aliphatic carboxylic acids is 3. The number of carbonyl (C=O) groups is 3. The minimum absolute atomic E-state index is 0.0231. The van der Waals surface area contributed by atoms with E-state index in [2.05, 4.69) is 0 Å². The number of hydrogen-bond acceptors (Lipinski definition) is 5. The quantitative estimate of drug-likeness (QED) is 0.392. The van der Waals surface area contributed by atoms with Crippen LogP contribution in [-0.2, 0) is 14.4 Å². The maximum atomic E-state index is 9.99. The van der Waals surface area contributed by atoms with Crippen molar-refractivity contribution >= 4 is 17.9 Å². The van der Waals surface area contributed by atoms with E-state index in [1.54, 1.807) is 0 Å². The zero-order valence-electron chi connectivity index (χ0n) is 8.79. The van der Waals surface area contributed by atoms with E-state index >= 15 is 0 Å². The molecule has 0 aliphatic rings. The largest absolute Gasteiger partial charge is 0.481 e. The molecule has 0 saturated carbocycles. The Morgan fingerprint density at radius 1 is 1.06 bits per heavy atom. The van der Waals surface area contributed by atoms with Crippen LogP contribution in [0.2, 0.25) is 0 Å². The minimum Gasteiger partial charge on any atom is -0.481 e. The van der Waals surface area contributed by atoms with Gasteiger partial charge in [0.15, 0.2) is 0 Å². The van der Waals surface area contributed by atoms with E-state index in [1.165, 1.54) is 6.92 Å². The van der Waals surface area contributed by atoms with Crippen molar-refractivity contribution in [1.29, 1.82) is 0 Å². The molecule has 1 unspecified atom stereocenters. The van der Waals surface area contributed by atoms with Crippen LogP contribution in [0.25, 0.3) is 0 Å². The molecule has 0 fully saturated rings. The first-order valence-electron chi connectivity index (χ1n) is 4.37. The molecule has 0 aliphatic carbocycles. The van der Waals surface area contributed by atoms with E-state index in [-0.39, 0.29) is 12.8 Å². The fourth-order valence-corrected chi connectivity index (χ4v) is 0.402. The summed E-state index contributed by atoms with van der Waals surface area (Å²) in [4.78, 5) is 29.4. The van der Waals surface area contributed by atoms with Crippen molar-refractivity contribution < 1.29 is 29.7 Å². The van der Waals surface area contributed by atoms with Gasteiger partial charge in [-0.15, -0.1) is 0 Å². The predicted octanol–water partition coefficient (Wildman–Crippen LogP) is -1.32. The second-order valence-electron chi connectivity index (χ2n) is 3.00. The molecular weight excluding hydrogens is 220 g/mol. The third-order valence-electron chi connectivity index (χ3n) is 1.38. The van der Waals surface area contributed by atoms with Gasteiger partial charge in [0.1, 0.15) is 12.1 Å². The van der Waals surface area contributed by atoms with Crippen LogP contribution in [0.1, 0.15) is 19.8 Å². The van der Waals surface area contributed by atoms with Gasteiger partial charge in [0.2, 0.25) is 0 Å². The topological polar surface area (TPSA) is 164 Å². The molecule has 8 nitrogen and oxygen atoms in total. The van der Waals surface area contributed by atoms with Gasteiger partial charge in [0, 0.05) is 6.42 Å². The van der Waals surface area contributed by atoms with Gasteiger partial charge in [-0.2, -0.15) is 0 Å². The average molecular weight is 236 g/mol. The molecule has 0 heterocycles. The number of carboxylic acids is 3. The molecule has 0 aromatic carbocycles. The lowest BCUT2D eigenvalue weighted by atomic mass is 10.2. The van der Waals surface area contributed by atoms with Crippen molar-refractivity contribution in [3.8, 4) is 0 Å². The van der Waals surface area contributed by atoms with E-state index in [9.17, 15) is 14.4 Å². The molecule has 0 aromatic rings. The number of nitrogens with two attached hydrogens (primary N) is 2. The average Bonchev–Trinajstić information content (AvgIpc) is 2.14. The first-order valence-corrected chi connectivity index (χ1v) is 4.37. The van der Waals surface area contributed by atoms with Crippen LogP contribution in [0.15, 0.2) is 0 Å². The lowest BCUT2D eigenvalue weighted by Crippen LogP contribution is -2.30. The molecular formula is C8H16N2O6. The molecule has 0 rings (SSSR count). The van der Waals surface area contributed by atoms with Gasteiger partial charge in [-0.1, -0.05) is 0 Å². The minimum atomic E-state index is -1.17. The Balaban J connectivity index is 0. The van der Waals surface area contributed by atoms with Crippen LogP contribution in [0.3, 0.4) is 0 Å². The molecule has 94 valence electrons. The first kappa shape index (κ1) is 16.7. The summed E-state index contributed by atoms with van der Waals surface area (Å²) >= 11 is 0. The van der Waals surface area contributed by atoms with E-state index in [1.807, 2.05) is 0 Å². The summed E-state index contributed by atoms with van der Waals surface area (Å²) in [7, 11) is 0. The second-order valence-corrected chi connectivity index (χ2v) is 3.00. The SMILES string of the molecule is C[C@@H](N)C(=O)O.NC(CCC(=O)O)C(=O)O. The van der Waals surface area contributed by atoms with Gasteiger partial charge in [-0.3, -0.25) is 14.4 Å². The normalized spacial score (nSPS) is 12.9. The monoisotopic (exact) mass is 236 g/mol. The van der Waals surface area contributed by atoms with Crippen LogP contribution in [0, 0.1) is 0 Å². The van der Waals surface area contributed by atoms with E-state index < -0.39 is 30.0 Å². The van der Waals surface area contributed by atoms with Crippen molar-refractivity contribution in [3.05, 3.63) is 0 Å². The zero-order valence-corrected chi connectivity index (χ0v) is 8.79. The Hall–Kier alpha value is -1.67. The van der Waals surface area contributed by atoms with Crippen molar-refractivity contribution in [3.63, 3.8) is 0 Å². The molecule has 0 bridgehead atoms. The maximum Gasteiger partial charge on any atom is 0.320 e. The molecule has 7 N–H and O–H groups in total. The molecule has 0 aliphatic heterocycles. The zero-order chi connectivity index (χ0) is 13.3. The van der Waals surface area contributed by atoms with Gasteiger partial charge in [0.25, 0.3) is 0 Å². The lowest BCUT2D eigenvalue weighted by molar-refractivity contribution is -0.140. The van der Waals surface area contributed by atoms with Crippen LogP contribution in [0.4, 0.5) is 0 Å². The summed E-state index contributed by atoms with van der Waals surface area (Å²) < 4.78 is 0. The highest BCUT2D eigenvalue weighted by Crippen LogP contribution is 1.93. The van der Waals surface area contributed by atoms with E-state index in [0.717, 1.165) is 0 Å². The standard InChI is InChI=1S/C5H9NO4.C3H7NO2/c6-3(5(9)10)1-2-4(7)8;1-2(4)3(5)6/h3H,1-2,6H2,(H,7,8)(H,9,10);2H,4H2,1H3,(H,5,6)/t;2-/m.1/s1. The Labute approximate surface area is 91.8 Å². The fraction of sp³-hybridized carbons (Fsp3) is 0.625. The molecule has 16 heavy (non-hydrogen) atoms. The smallest absolute Gasteiger partial charge is 0.320 e. The summed E-state index contributed by atoms with van der Waals surface area (Å²) in [6.07, 6.45) is -0.224. The number of rotatable bonds is 5. The van der Waals surface area contributed by atoms with Crippen LogP contribution < -0.4 is 11.5 Å². The Morgan fingerprint density at radius 3 is 1.62 bits per heavy atom. The highest BCUT2D eigenvalue weighted by Gasteiger charge is 2.12. The molecule has 0 amide bonds. The summed E-state index contributed by atoms with van der Waals surface area (Å²) in [6.45, 7) is 1.42. The summed E-state index contributed by atoms with van der Waals surface area (Å²) in [5, 5.41) is 24.1. The molecule has 0 radical (unpaired) electrons. The first-order chi connectivity index (χ1) is 7.18. The van der Waals surface area contributed by atoms with Gasteiger partial charge < -0.3 is 26.8 Å². The van der Waals surface area contributed by atoms with Gasteiger partial charge in [-0.05, 0) is 13.3 Å². The maximum absolute atomic E-state index is 9.99.